The predicted molar refractivity (Wildman–Crippen MR) is 187 cm³/mol. The highest BCUT2D eigenvalue weighted by Gasteiger charge is 2.42. The molecule has 4 atom stereocenters. The molecule has 4 amide bonds. The van der Waals surface area contributed by atoms with Crippen molar-refractivity contribution in [3.05, 3.63) is 64.7 Å². The van der Waals surface area contributed by atoms with Crippen LogP contribution in [0.5, 0.6) is 5.75 Å². The number of thioether (sulfide) groups is 1. The van der Waals surface area contributed by atoms with Crippen LogP contribution in [0.4, 0.5) is 4.79 Å². The molecule has 262 valence electrons. The second-order valence-corrected chi connectivity index (χ2v) is 15.0. The van der Waals surface area contributed by atoms with E-state index in [1.807, 2.05) is 22.7 Å². The Hall–Kier alpha value is -3.90. The minimum absolute atomic E-state index is 0.00407. The number of hydrogen-bond acceptors (Lipinski definition) is 8. The Kier molecular flexibility index (Phi) is 11.2. The standard InChI is InChI=1S/C37H47N5O6S/c1-24(43)10-15-31(25(2)44)42-21-29-28(36(42)46)6-5-7-32(29)48-22-27-13-11-26(12-14-27)20-40-16-18-41(19-17-40)34(45)9-4-3-8-33-35-30(23-49-33)38-37(47)39-35/h5-7,11-14,30-31,33,35H,3-4,8-10,15-23H2,1-2H3,(H2,38,39,47). The zero-order valence-corrected chi connectivity index (χ0v) is 29.3. The van der Waals surface area contributed by atoms with E-state index in [0.29, 0.717) is 36.0 Å². The highest BCUT2D eigenvalue weighted by molar-refractivity contribution is 8.00. The van der Waals surface area contributed by atoms with E-state index in [1.54, 1.807) is 17.0 Å². The lowest BCUT2D eigenvalue weighted by atomic mass is 10.0. The molecule has 4 unspecified atom stereocenters. The maximum Gasteiger partial charge on any atom is 0.315 e. The van der Waals surface area contributed by atoms with Gasteiger partial charge in [0.15, 0.2) is 5.78 Å². The fourth-order valence-electron chi connectivity index (χ4n) is 7.37. The molecule has 0 spiro atoms. The molecule has 2 N–H and O–H groups in total. The third kappa shape index (κ3) is 8.46. The monoisotopic (exact) mass is 689 g/mol. The molecule has 4 aliphatic rings. The van der Waals surface area contributed by atoms with Crippen molar-refractivity contribution in [1.82, 2.24) is 25.3 Å². The van der Waals surface area contributed by atoms with Crippen LogP contribution in [0, 0.1) is 0 Å². The molecule has 0 bridgehead atoms. The van der Waals surface area contributed by atoms with Gasteiger partial charge >= 0.3 is 6.03 Å². The molecule has 4 aliphatic heterocycles. The predicted octanol–water partition coefficient (Wildman–Crippen LogP) is 3.92. The van der Waals surface area contributed by atoms with Crippen LogP contribution in [-0.4, -0.2) is 99.4 Å². The number of benzene rings is 2. The molecule has 2 aromatic carbocycles. The van der Waals surface area contributed by atoms with Gasteiger partial charge in [0.1, 0.15) is 18.1 Å². The van der Waals surface area contributed by atoms with E-state index in [9.17, 15) is 24.0 Å². The first-order valence-electron chi connectivity index (χ1n) is 17.5. The Labute approximate surface area is 292 Å². The van der Waals surface area contributed by atoms with Gasteiger partial charge in [-0.1, -0.05) is 36.8 Å². The third-order valence-corrected chi connectivity index (χ3v) is 11.7. The largest absolute Gasteiger partial charge is 0.489 e. The molecule has 3 fully saturated rings. The van der Waals surface area contributed by atoms with Crippen LogP contribution < -0.4 is 15.4 Å². The number of Topliss-reactive ketones (excluding diaryl/α,β-unsaturated/α-hetero) is 2. The van der Waals surface area contributed by atoms with Gasteiger partial charge in [-0.25, -0.2) is 4.79 Å². The van der Waals surface area contributed by atoms with Gasteiger partial charge in [0, 0.05) is 67.7 Å². The smallest absolute Gasteiger partial charge is 0.315 e. The average Bonchev–Trinajstić information content (AvgIpc) is 3.75. The summed E-state index contributed by atoms with van der Waals surface area (Å²) < 4.78 is 6.19. The van der Waals surface area contributed by atoms with E-state index in [1.165, 1.54) is 19.4 Å². The quantitative estimate of drug-likeness (QED) is 0.213. The summed E-state index contributed by atoms with van der Waals surface area (Å²) in [5, 5.41) is 6.46. The van der Waals surface area contributed by atoms with E-state index in [0.717, 1.165) is 68.9 Å². The average molecular weight is 690 g/mol. The summed E-state index contributed by atoms with van der Waals surface area (Å²) in [4.78, 5) is 67.5. The number of unbranched alkanes of at least 4 members (excludes halogenated alkanes) is 1. The molecule has 4 heterocycles. The lowest BCUT2D eigenvalue weighted by Gasteiger charge is -2.35. The van der Waals surface area contributed by atoms with Gasteiger partial charge in [-0.05, 0) is 56.4 Å². The normalized spacial score (nSPS) is 22.4. The van der Waals surface area contributed by atoms with Crippen LogP contribution >= 0.6 is 11.8 Å². The highest BCUT2D eigenvalue weighted by atomic mass is 32.2. The van der Waals surface area contributed by atoms with Crippen LogP contribution in [-0.2, 0) is 34.1 Å². The molecule has 0 radical (unpaired) electrons. The van der Waals surface area contributed by atoms with Crippen molar-refractivity contribution in [1.29, 1.82) is 0 Å². The van der Waals surface area contributed by atoms with Gasteiger partial charge in [-0.15, -0.1) is 0 Å². The van der Waals surface area contributed by atoms with E-state index in [4.69, 9.17) is 4.74 Å². The van der Waals surface area contributed by atoms with Crippen molar-refractivity contribution in [3.63, 3.8) is 0 Å². The topological polar surface area (TPSA) is 128 Å². The zero-order valence-electron chi connectivity index (χ0n) is 28.4. The Morgan fingerprint density at radius 2 is 1.69 bits per heavy atom. The van der Waals surface area contributed by atoms with E-state index < -0.39 is 6.04 Å². The number of nitrogens with zero attached hydrogens (tertiary/aromatic N) is 3. The maximum absolute atomic E-state index is 13.2. The number of carbonyl (C=O) groups excluding carboxylic acids is 5. The molecule has 6 rings (SSSR count). The van der Waals surface area contributed by atoms with Crippen molar-refractivity contribution < 1.29 is 28.7 Å². The second-order valence-electron chi connectivity index (χ2n) is 13.7. The molecule has 0 aromatic heterocycles. The number of ether oxygens (including phenoxy) is 1. The van der Waals surface area contributed by atoms with Crippen molar-refractivity contribution in [2.75, 3.05) is 31.9 Å². The first-order chi connectivity index (χ1) is 23.7. The number of urea groups is 1. The van der Waals surface area contributed by atoms with Crippen LogP contribution in [0.15, 0.2) is 42.5 Å². The first kappa shape index (κ1) is 34.9. The van der Waals surface area contributed by atoms with Gasteiger partial charge in [-0.2, -0.15) is 11.8 Å². The summed E-state index contributed by atoms with van der Waals surface area (Å²) in [5.74, 6) is 1.50. The molecule has 0 aliphatic carbocycles. The SMILES string of the molecule is CC(=O)CCC(C(C)=O)N1Cc2c(OCc3ccc(CN4CCN(C(=O)CCCCC5SCC6NC(=O)NC65)CC4)cc3)cccc2C1=O. The first-order valence-corrected chi connectivity index (χ1v) is 18.5. The summed E-state index contributed by atoms with van der Waals surface area (Å²) in [6.07, 6.45) is 4.07. The highest BCUT2D eigenvalue weighted by Crippen LogP contribution is 2.34. The Bertz CT molecular complexity index is 1560. The number of carbonyl (C=O) groups is 5. The van der Waals surface area contributed by atoms with Gasteiger partial charge in [0.2, 0.25) is 5.91 Å². The summed E-state index contributed by atoms with van der Waals surface area (Å²) in [6, 6.07) is 13.5. The third-order valence-electron chi connectivity index (χ3n) is 10.2. The molecule has 11 nitrogen and oxygen atoms in total. The van der Waals surface area contributed by atoms with Crippen molar-refractivity contribution in [2.45, 2.75) is 95.4 Å². The van der Waals surface area contributed by atoms with Gasteiger partial charge in [0.25, 0.3) is 5.91 Å². The number of ketones is 2. The summed E-state index contributed by atoms with van der Waals surface area (Å²) in [6.45, 7) is 7.60. The van der Waals surface area contributed by atoms with Crippen molar-refractivity contribution in [3.8, 4) is 5.75 Å². The Balaban J connectivity index is 0.915. The lowest BCUT2D eigenvalue weighted by molar-refractivity contribution is -0.133. The van der Waals surface area contributed by atoms with Crippen LogP contribution in [0.3, 0.4) is 0 Å². The molecule has 0 saturated carbocycles. The number of nitrogens with one attached hydrogen (secondary N) is 2. The molecular weight excluding hydrogens is 643 g/mol. The van der Waals surface area contributed by atoms with Gasteiger partial charge < -0.3 is 30.0 Å². The van der Waals surface area contributed by atoms with Crippen LogP contribution in [0.25, 0.3) is 0 Å². The molecule has 12 heteroatoms. The lowest BCUT2D eigenvalue weighted by Crippen LogP contribution is -2.48. The van der Waals surface area contributed by atoms with Gasteiger partial charge in [0.05, 0.1) is 24.7 Å². The van der Waals surface area contributed by atoms with E-state index in [-0.39, 0.29) is 54.5 Å². The number of fused-ring (bicyclic) bond motifs is 2. The maximum atomic E-state index is 13.2. The Morgan fingerprint density at radius 3 is 2.43 bits per heavy atom. The minimum atomic E-state index is -0.630. The summed E-state index contributed by atoms with van der Waals surface area (Å²) in [5.41, 5.74) is 3.53. The fraction of sp³-hybridized carbons (Fsp3) is 0.541. The number of amides is 4. The number of rotatable bonds is 15. The number of piperazine rings is 1. The summed E-state index contributed by atoms with van der Waals surface area (Å²) >= 11 is 1.92. The Morgan fingerprint density at radius 1 is 0.939 bits per heavy atom. The molecule has 49 heavy (non-hydrogen) atoms. The van der Waals surface area contributed by atoms with E-state index in [2.05, 4.69) is 39.8 Å². The fourth-order valence-corrected chi connectivity index (χ4v) is 8.91. The van der Waals surface area contributed by atoms with Crippen molar-refractivity contribution in [2.24, 2.45) is 0 Å². The molecule has 2 aromatic rings. The van der Waals surface area contributed by atoms with Crippen molar-refractivity contribution >= 4 is 41.2 Å². The molecule has 3 saturated heterocycles. The van der Waals surface area contributed by atoms with Crippen LogP contribution in [0.1, 0.15) is 79.4 Å². The minimum Gasteiger partial charge on any atom is -0.489 e. The van der Waals surface area contributed by atoms with Gasteiger partial charge in [-0.3, -0.25) is 19.3 Å². The van der Waals surface area contributed by atoms with Crippen LogP contribution in [0.2, 0.25) is 0 Å². The zero-order chi connectivity index (χ0) is 34.5. The number of hydrogen-bond donors (Lipinski definition) is 2. The summed E-state index contributed by atoms with van der Waals surface area (Å²) in [7, 11) is 0. The van der Waals surface area contributed by atoms with E-state index >= 15 is 0 Å². The second kappa shape index (κ2) is 15.8. The molecular formula is C37H47N5O6S.